The molecule has 0 bridgehead atoms. The maximum atomic E-state index is 13.6. The number of benzene rings is 1. The van der Waals surface area contributed by atoms with Crippen molar-refractivity contribution in [3.63, 3.8) is 0 Å². The summed E-state index contributed by atoms with van der Waals surface area (Å²) in [5.41, 5.74) is 3.28. The van der Waals surface area contributed by atoms with Gasteiger partial charge in [0.15, 0.2) is 5.03 Å². The summed E-state index contributed by atoms with van der Waals surface area (Å²) >= 11 is 0. The van der Waals surface area contributed by atoms with Crippen molar-refractivity contribution in [3.8, 4) is 0 Å². The molecular weight excluding hydrogens is 453 g/mol. The number of nitrogens with zero attached hydrogens (tertiary/aromatic N) is 3. The molecule has 0 saturated carbocycles. The van der Waals surface area contributed by atoms with Crippen LogP contribution in [-0.4, -0.2) is 62.9 Å². The molecule has 1 aliphatic heterocycles. The molecule has 3 rings (SSSR count). The van der Waals surface area contributed by atoms with Gasteiger partial charge in [0.25, 0.3) is 10.0 Å². The molecule has 0 unspecified atom stereocenters. The van der Waals surface area contributed by atoms with Crippen LogP contribution >= 0.6 is 0 Å². The van der Waals surface area contributed by atoms with Crippen molar-refractivity contribution < 1.29 is 21.2 Å². The van der Waals surface area contributed by atoms with Crippen molar-refractivity contribution in [2.45, 2.75) is 31.7 Å². The van der Waals surface area contributed by atoms with Crippen LogP contribution in [0.2, 0.25) is 0 Å². The topological polar surface area (TPSA) is 87.7 Å². The minimum atomic E-state index is -3.84. The van der Waals surface area contributed by atoms with E-state index in [2.05, 4.69) is 18.0 Å². The van der Waals surface area contributed by atoms with Crippen LogP contribution in [0.15, 0.2) is 47.6 Å². The lowest BCUT2D eigenvalue weighted by Crippen LogP contribution is -2.50. The second kappa shape index (κ2) is 9.78. The van der Waals surface area contributed by atoms with Crippen LogP contribution in [0.1, 0.15) is 36.5 Å². The molecule has 0 N–H and O–H groups in total. The van der Waals surface area contributed by atoms with Gasteiger partial charge in [0.2, 0.25) is 10.0 Å². The molecule has 2 aromatic rings. The molecule has 0 spiro atoms. The number of aromatic nitrogens is 1. The van der Waals surface area contributed by atoms with Gasteiger partial charge in [-0.05, 0) is 54.3 Å². The van der Waals surface area contributed by atoms with E-state index in [4.69, 9.17) is 0 Å². The van der Waals surface area contributed by atoms with E-state index in [0.29, 0.717) is 0 Å². The normalized spacial score (nSPS) is 16.9. The Morgan fingerprint density at radius 2 is 1.72 bits per heavy atom. The van der Waals surface area contributed by atoms with Gasteiger partial charge < -0.3 is 0 Å². The lowest BCUT2D eigenvalue weighted by Gasteiger charge is -2.32. The summed E-state index contributed by atoms with van der Waals surface area (Å²) in [5, 5.41) is -0.0836. The molecule has 7 nitrogen and oxygen atoms in total. The maximum absolute atomic E-state index is 13.6. The van der Waals surface area contributed by atoms with Crippen LogP contribution in [0.5, 0.6) is 0 Å². The summed E-state index contributed by atoms with van der Waals surface area (Å²) in [7, 11) is -7.19. The monoisotopic (exact) mass is 481 g/mol. The largest absolute Gasteiger partial charge is 0.260 e. The Balaban J connectivity index is 1.86. The number of pyridine rings is 1. The zero-order chi connectivity index (χ0) is 23.5. The maximum Gasteiger partial charge on any atom is 0.260 e. The van der Waals surface area contributed by atoms with E-state index in [0.717, 1.165) is 41.4 Å². The van der Waals surface area contributed by atoms with Crippen molar-refractivity contribution in [2.75, 3.05) is 32.4 Å². The fourth-order valence-electron chi connectivity index (χ4n) is 3.67. The van der Waals surface area contributed by atoms with Gasteiger partial charge >= 0.3 is 0 Å². The molecular formula is C22H28FN3O4S2. The summed E-state index contributed by atoms with van der Waals surface area (Å²) in [6.45, 7) is 4.28. The molecule has 1 aromatic carbocycles. The minimum Gasteiger partial charge on any atom is -0.243 e. The second-order valence-electron chi connectivity index (χ2n) is 7.82. The average molecular weight is 482 g/mol. The molecule has 0 amide bonds. The van der Waals surface area contributed by atoms with Crippen LogP contribution in [-0.2, 0) is 20.0 Å². The molecule has 0 radical (unpaired) electrons. The summed E-state index contributed by atoms with van der Waals surface area (Å²) in [5.74, 6) is -0.309. The van der Waals surface area contributed by atoms with Crippen LogP contribution < -0.4 is 0 Å². The second-order valence-corrected chi connectivity index (χ2v) is 11.7. The van der Waals surface area contributed by atoms with Gasteiger partial charge in [0.05, 0.1) is 6.26 Å². The van der Waals surface area contributed by atoms with E-state index in [1.165, 1.54) is 33.0 Å². The van der Waals surface area contributed by atoms with Gasteiger partial charge in [0, 0.05) is 37.9 Å². The van der Waals surface area contributed by atoms with Gasteiger partial charge in [-0.3, -0.25) is 0 Å². The van der Waals surface area contributed by atoms with Crippen LogP contribution in [0, 0.1) is 12.7 Å². The molecule has 0 atom stereocenters. The van der Waals surface area contributed by atoms with Crippen LogP contribution in [0.25, 0.3) is 5.57 Å². The first kappa shape index (κ1) is 24.5. The Bertz CT molecular complexity index is 1200. The van der Waals surface area contributed by atoms with Gasteiger partial charge in [-0.15, -0.1) is 0 Å². The number of halogens is 1. The first-order chi connectivity index (χ1) is 15.0. The number of sulfonamides is 2. The fraction of sp³-hybridized carbons (Fsp3) is 0.409. The number of aryl methyl sites for hydroxylation is 1. The van der Waals surface area contributed by atoms with Crippen molar-refractivity contribution in [3.05, 3.63) is 65.1 Å². The van der Waals surface area contributed by atoms with E-state index >= 15 is 0 Å². The molecule has 174 valence electrons. The van der Waals surface area contributed by atoms with Crippen molar-refractivity contribution in [1.82, 2.24) is 13.6 Å². The molecule has 0 aliphatic carbocycles. The molecule has 1 fully saturated rings. The van der Waals surface area contributed by atoms with Crippen molar-refractivity contribution in [2.24, 2.45) is 0 Å². The Morgan fingerprint density at radius 1 is 1.06 bits per heavy atom. The summed E-state index contributed by atoms with van der Waals surface area (Å²) in [6.07, 6.45) is 6.43. The Kier molecular flexibility index (Phi) is 7.49. The van der Waals surface area contributed by atoms with E-state index in [1.54, 1.807) is 12.1 Å². The fourth-order valence-corrected chi connectivity index (χ4v) is 5.83. The van der Waals surface area contributed by atoms with Crippen molar-refractivity contribution >= 4 is 25.6 Å². The third kappa shape index (κ3) is 5.43. The lowest BCUT2D eigenvalue weighted by molar-refractivity contribution is 0.273. The highest BCUT2D eigenvalue weighted by molar-refractivity contribution is 7.89. The number of hydrogen-bond acceptors (Lipinski definition) is 5. The Hall–Kier alpha value is -2.14. The van der Waals surface area contributed by atoms with Crippen LogP contribution in [0.3, 0.4) is 0 Å². The molecule has 10 heteroatoms. The van der Waals surface area contributed by atoms with E-state index in [-0.39, 0.29) is 37.0 Å². The van der Waals surface area contributed by atoms with E-state index in [1.807, 2.05) is 6.92 Å². The minimum absolute atomic E-state index is 0.0786. The SMILES string of the molecule is CCCC=C(c1ccc(S(=O)(=O)N2CCN(S(C)(=O)=O)CC2)nc1)c1ccc(F)cc1C. The van der Waals surface area contributed by atoms with Gasteiger partial charge in [-0.1, -0.05) is 25.5 Å². The smallest absolute Gasteiger partial charge is 0.243 e. The zero-order valence-electron chi connectivity index (χ0n) is 18.5. The first-order valence-electron chi connectivity index (χ1n) is 10.4. The zero-order valence-corrected chi connectivity index (χ0v) is 20.1. The summed E-state index contributed by atoms with van der Waals surface area (Å²) < 4.78 is 65.4. The van der Waals surface area contributed by atoms with Gasteiger partial charge in [0.1, 0.15) is 5.82 Å². The third-order valence-electron chi connectivity index (χ3n) is 5.43. The van der Waals surface area contributed by atoms with Crippen LogP contribution in [0.4, 0.5) is 4.39 Å². The molecule has 1 saturated heterocycles. The number of unbranched alkanes of at least 4 members (excludes halogenated alkanes) is 1. The molecule has 32 heavy (non-hydrogen) atoms. The lowest BCUT2D eigenvalue weighted by atomic mass is 9.94. The molecule has 1 aliphatic rings. The Morgan fingerprint density at radius 3 is 2.25 bits per heavy atom. The quantitative estimate of drug-likeness (QED) is 0.607. The standard InChI is InChI=1S/C22H28FN3O4S2/c1-4-5-6-21(20-9-8-19(23)15-17(20)2)18-7-10-22(24-16-18)32(29,30)26-13-11-25(12-14-26)31(3,27)28/h6-10,15-16H,4-5,11-14H2,1-3H3. The van der Waals surface area contributed by atoms with Crippen molar-refractivity contribution in [1.29, 1.82) is 0 Å². The first-order valence-corrected chi connectivity index (χ1v) is 13.7. The highest BCUT2D eigenvalue weighted by Crippen LogP contribution is 2.28. The predicted molar refractivity (Wildman–Crippen MR) is 123 cm³/mol. The summed E-state index contributed by atoms with van der Waals surface area (Å²) in [6, 6.07) is 7.77. The summed E-state index contributed by atoms with van der Waals surface area (Å²) in [4.78, 5) is 4.22. The number of piperazine rings is 1. The average Bonchev–Trinajstić information content (AvgIpc) is 2.75. The molecule has 1 aromatic heterocycles. The third-order valence-corrected chi connectivity index (χ3v) is 8.55. The Labute approximate surface area is 189 Å². The molecule has 2 heterocycles. The highest BCUT2D eigenvalue weighted by atomic mass is 32.2. The van der Waals surface area contributed by atoms with Gasteiger partial charge in [-0.25, -0.2) is 26.2 Å². The number of hydrogen-bond donors (Lipinski definition) is 0. The van der Waals surface area contributed by atoms with E-state index < -0.39 is 20.0 Å². The van der Waals surface area contributed by atoms with Gasteiger partial charge in [-0.2, -0.15) is 8.61 Å². The number of allylic oxidation sites excluding steroid dienone is 1. The highest BCUT2D eigenvalue weighted by Gasteiger charge is 2.32. The number of rotatable bonds is 7. The predicted octanol–water partition coefficient (Wildman–Crippen LogP) is 3.03. The van der Waals surface area contributed by atoms with E-state index in [9.17, 15) is 21.2 Å².